The summed E-state index contributed by atoms with van der Waals surface area (Å²) in [5.41, 5.74) is 1.56. The van der Waals surface area contributed by atoms with E-state index in [0.29, 0.717) is 16.6 Å². The van der Waals surface area contributed by atoms with Gasteiger partial charge in [0.05, 0.1) is 22.6 Å². The maximum atomic E-state index is 12.6. The molecule has 2 aromatic carbocycles. The molecule has 3 nitrogen and oxygen atoms in total. The van der Waals surface area contributed by atoms with E-state index in [1.165, 1.54) is 0 Å². The fourth-order valence-electron chi connectivity index (χ4n) is 2.68. The lowest BCUT2D eigenvalue weighted by Gasteiger charge is -2.16. The maximum Gasteiger partial charge on any atom is 0.230 e. The average Bonchev–Trinajstić information content (AvgIpc) is 3.37. The molecule has 120 valence electrons. The Kier molecular flexibility index (Phi) is 4.51. The molecule has 1 fully saturated rings. The molecular formula is C18H17Cl2NO2. The molecule has 0 heterocycles. The molecule has 5 heteroatoms. The van der Waals surface area contributed by atoms with Crippen LogP contribution in [0.4, 0.5) is 0 Å². The van der Waals surface area contributed by atoms with E-state index in [4.69, 9.17) is 27.9 Å². The number of methoxy groups -OCH3 is 1. The van der Waals surface area contributed by atoms with Crippen LogP contribution in [0.5, 0.6) is 5.75 Å². The standard InChI is InChI=1S/C18H17Cl2NO2/c1-23-14-5-3-13(4-6-14)18(8-9-18)17(22)21-11-12-2-7-15(19)16(20)10-12/h2-7,10H,8-9,11H2,1H3,(H,21,22). The van der Waals surface area contributed by atoms with Crippen molar-refractivity contribution in [2.24, 2.45) is 0 Å². The summed E-state index contributed by atoms with van der Waals surface area (Å²) in [4.78, 5) is 12.6. The zero-order valence-electron chi connectivity index (χ0n) is 12.7. The second kappa shape index (κ2) is 6.42. The van der Waals surface area contributed by atoms with Crippen molar-refractivity contribution in [2.45, 2.75) is 24.8 Å². The highest BCUT2D eigenvalue weighted by molar-refractivity contribution is 6.42. The molecule has 1 N–H and O–H groups in total. The van der Waals surface area contributed by atoms with Gasteiger partial charge in [-0.15, -0.1) is 0 Å². The van der Waals surface area contributed by atoms with Crippen molar-refractivity contribution in [1.29, 1.82) is 0 Å². The fraction of sp³-hybridized carbons (Fsp3) is 0.278. The minimum absolute atomic E-state index is 0.0498. The number of ether oxygens (including phenoxy) is 1. The van der Waals surface area contributed by atoms with Crippen molar-refractivity contribution in [2.75, 3.05) is 7.11 Å². The van der Waals surface area contributed by atoms with Crippen LogP contribution in [0.3, 0.4) is 0 Å². The summed E-state index contributed by atoms with van der Waals surface area (Å²) in [5.74, 6) is 0.842. The lowest BCUT2D eigenvalue weighted by Crippen LogP contribution is -2.34. The van der Waals surface area contributed by atoms with Gasteiger partial charge in [0.25, 0.3) is 0 Å². The highest BCUT2D eigenvalue weighted by Crippen LogP contribution is 2.48. The van der Waals surface area contributed by atoms with E-state index in [1.54, 1.807) is 19.2 Å². The van der Waals surface area contributed by atoms with Crippen LogP contribution in [0.2, 0.25) is 10.0 Å². The average molecular weight is 350 g/mol. The van der Waals surface area contributed by atoms with Gasteiger partial charge in [0.15, 0.2) is 0 Å². The van der Waals surface area contributed by atoms with E-state index in [9.17, 15) is 4.79 Å². The third kappa shape index (κ3) is 3.31. The van der Waals surface area contributed by atoms with Crippen molar-refractivity contribution >= 4 is 29.1 Å². The molecule has 0 saturated heterocycles. The second-order valence-corrected chi connectivity index (χ2v) is 6.56. The normalized spacial score (nSPS) is 15.1. The number of carbonyl (C=O) groups is 1. The summed E-state index contributed by atoms with van der Waals surface area (Å²) in [5, 5.41) is 4.01. The largest absolute Gasteiger partial charge is 0.497 e. The van der Waals surface area contributed by atoms with Gasteiger partial charge in [-0.3, -0.25) is 4.79 Å². The van der Waals surface area contributed by atoms with Crippen molar-refractivity contribution in [1.82, 2.24) is 5.32 Å². The summed E-state index contributed by atoms with van der Waals surface area (Å²) >= 11 is 11.9. The van der Waals surface area contributed by atoms with Gasteiger partial charge in [-0.25, -0.2) is 0 Å². The Morgan fingerprint density at radius 3 is 2.39 bits per heavy atom. The second-order valence-electron chi connectivity index (χ2n) is 5.74. The Bertz CT molecular complexity index is 724. The number of rotatable bonds is 5. The molecule has 1 saturated carbocycles. The molecule has 23 heavy (non-hydrogen) atoms. The number of benzene rings is 2. The predicted octanol–water partition coefficient (Wildman–Crippen LogP) is 4.35. The number of amides is 1. The highest BCUT2D eigenvalue weighted by atomic mass is 35.5. The smallest absolute Gasteiger partial charge is 0.230 e. The number of hydrogen-bond donors (Lipinski definition) is 1. The number of hydrogen-bond acceptors (Lipinski definition) is 2. The van der Waals surface area contributed by atoms with Crippen molar-refractivity contribution in [3.8, 4) is 5.75 Å². The van der Waals surface area contributed by atoms with Crippen LogP contribution in [0.25, 0.3) is 0 Å². The quantitative estimate of drug-likeness (QED) is 0.871. The van der Waals surface area contributed by atoms with Crippen LogP contribution in [0.15, 0.2) is 42.5 Å². The molecule has 3 rings (SSSR count). The zero-order valence-corrected chi connectivity index (χ0v) is 14.2. The molecule has 0 spiro atoms. The van der Waals surface area contributed by atoms with Crippen molar-refractivity contribution < 1.29 is 9.53 Å². The van der Waals surface area contributed by atoms with E-state index >= 15 is 0 Å². The molecule has 0 bridgehead atoms. The first-order valence-electron chi connectivity index (χ1n) is 7.42. The Morgan fingerprint density at radius 2 is 1.83 bits per heavy atom. The molecule has 1 aliphatic carbocycles. The summed E-state index contributed by atoms with van der Waals surface area (Å²) in [6, 6.07) is 13.1. The number of halogens is 2. The van der Waals surface area contributed by atoms with Gasteiger partial charge in [-0.1, -0.05) is 41.4 Å². The lowest BCUT2D eigenvalue weighted by atomic mass is 9.95. The van der Waals surface area contributed by atoms with Gasteiger partial charge in [0, 0.05) is 6.54 Å². The first-order valence-corrected chi connectivity index (χ1v) is 8.17. The Morgan fingerprint density at radius 1 is 1.13 bits per heavy atom. The van der Waals surface area contributed by atoms with Crippen molar-refractivity contribution in [3.63, 3.8) is 0 Å². The minimum Gasteiger partial charge on any atom is -0.497 e. The lowest BCUT2D eigenvalue weighted by molar-refractivity contribution is -0.123. The van der Waals surface area contributed by atoms with E-state index in [0.717, 1.165) is 29.7 Å². The molecule has 2 aromatic rings. The molecule has 1 aliphatic rings. The Labute approximate surface area is 145 Å². The molecule has 0 radical (unpaired) electrons. The summed E-state index contributed by atoms with van der Waals surface area (Å²) in [6.45, 7) is 0.438. The van der Waals surface area contributed by atoms with Crippen LogP contribution in [-0.4, -0.2) is 13.0 Å². The van der Waals surface area contributed by atoms with Crippen molar-refractivity contribution in [3.05, 3.63) is 63.6 Å². The summed E-state index contributed by atoms with van der Waals surface area (Å²) in [7, 11) is 1.63. The highest BCUT2D eigenvalue weighted by Gasteiger charge is 2.51. The van der Waals surface area contributed by atoms with Gasteiger partial charge < -0.3 is 10.1 Å². The Balaban J connectivity index is 1.68. The number of nitrogens with one attached hydrogen (secondary N) is 1. The third-order valence-corrected chi connectivity index (χ3v) is 5.00. The number of carbonyl (C=O) groups excluding carboxylic acids is 1. The molecule has 0 aliphatic heterocycles. The molecule has 0 atom stereocenters. The van der Waals surface area contributed by atoms with Crippen LogP contribution < -0.4 is 10.1 Å². The predicted molar refractivity (Wildman–Crippen MR) is 92.2 cm³/mol. The van der Waals surface area contributed by atoms with Crippen LogP contribution >= 0.6 is 23.2 Å². The van der Waals surface area contributed by atoms with Crippen LogP contribution in [0.1, 0.15) is 24.0 Å². The van der Waals surface area contributed by atoms with Gasteiger partial charge in [-0.05, 0) is 48.2 Å². The van der Waals surface area contributed by atoms with E-state index in [-0.39, 0.29) is 5.91 Å². The SMILES string of the molecule is COc1ccc(C2(C(=O)NCc3ccc(Cl)c(Cl)c3)CC2)cc1. The Hall–Kier alpha value is -1.71. The third-order valence-electron chi connectivity index (χ3n) is 4.26. The molecule has 1 amide bonds. The van der Waals surface area contributed by atoms with E-state index in [1.807, 2.05) is 30.3 Å². The van der Waals surface area contributed by atoms with Gasteiger partial charge in [0.2, 0.25) is 5.91 Å². The van der Waals surface area contributed by atoms with E-state index in [2.05, 4.69) is 5.32 Å². The topological polar surface area (TPSA) is 38.3 Å². The monoisotopic (exact) mass is 349 g/mol. The van der Waals surface area contributed by atoms with Gasteiger partial charge >= 0.3 is 0 Å². The minimum atomic E-state index is -0.400. The van der Waals surface area contributed by atoms with Crippen LogP contribution in [0, 0.1) is 0 Å². The molecule has 0 aromatic heterocycles. The molecule has 0 unspecified atom stereocenters. The van der Waals surface area contributed by atoms with Crippen LogP contribution in [-0.2, 0) is 16.8 Å². The summed E-state index contributed by atoms with van der Waals surface area (Å²) in [6.07, 6.45) is 1.74. The first kappa shape index (κ1) is 16.2. The molecular weight excluding hydrogens is 333 g/mol. The first-order chi connectivity index (χ1) is 11.0. The van der Waals surface area contributed by atoms with Gasteiger partial charge in [0.1, 0.15) is 5.75 Å². The maximum absolute atomic E-state index is 12.6. The van der Waals surface area contributed by atoms with E-state index < -0.39 is 5.41 Å². The zero-order chi connectivity index (χ0) is 16.4. The summed E-state index contributed by atoms with van der Waals surface area (Å²) < 4.78 is 5.17. The van der Waals surface area contributed by atoms with Gasteiger partial charge in [-0.2, -0.15) is 0 Å². The fourth-order valence-corrected chi connectivity index (χ4v) is 3.00.